The van der Waals surface area contributed by atoms with Crippen molar-refractivity contribution in [3.05, 3.63) is 23.8 Å². The number of nitrogen functional groups attached to an aromatic ring is 1. The maximum Gasteiger partial charge on any atom is 0.254 e. The zero-order chi connectivity index (χ0) is 14.7. The highest BCUT2D eigenvalue weighted by Crippen LogP contribution is 2.23. The lowest BCUT2D eigenvalue weighted by molar-refractivity contribution is 0.0595. The lowest BCUT2D eigenvalue weighted by atomic mass is 10.1. The van der Waals surface area contributed by atoms with Crippen molar-refractivity contribution in [3.8, 4) is 5.75 Å². The van der Waals surface area contributed by atoms with E-state index in [9.17, 15) is 4.79 Å². The average molecular weight is 277 g/mol. The maximum absolute atomic E-state index is 12.4. The van der Waals surface area contributed by atoms with Crippen LogP contribution >= 0.6 is 0 Å². The number of hydrogen-bond acceptors (Lipinski definition) is 4. The number of carbonyl (C=O) groups is 1. The lowest BCUT2D eigenvalue weighted by Gasteiger charge is -2.37. The number of rotatable bonds is 3. The van der Waals surface area contributed by atoms with Gasteiger partial charge >= 0.3 is 0 Å². The molecule has 2 rings (SSSR count). The molecule has 5 nitrogen and oxygen atoms in total. The molecule has 110 valence electrons. The first-order valence-corrected chi connectivity index (χ1v) is 6.99. The van der Waals surface area contributed by atoms with Gasteiger partial charge in [0.1, 0.15) is 5.75 Å². The minimum absolute atomic E-state index is 0.0442. The predicted molar refractivity (Wildman–Crippen MR) is 80.0 cm³/mol. The number of ether oxygens (including phenoxy) is 1. The topological polar surface area (TPSA) is 58.8 Å². The first kappa shape index (κ1) is 14.7. The Bertz CT molecular complexity index is 480. The number of carbonyl (C=O) groups excluding carboxylic acids is 1. The monoisotopic (exact) mass is 277 g/mol. The van der Waals surface area contributed by atoms with Crippen LogP contribution in [0.15, 0.2) is 18.2 Å². The lowest BCUT2D eigenvalue weighted by Crippen LogP contribution is -2.50. The summed E-state index contributed by atoms with van der Waals surface area (Å²) < 4.78 is 5.11. The zero-order valence-corrected chi connectivity index (χ0v) is 12.4. The summed E-state index contributed by atoms with van der Waals surface area (Å²) in [4.78, 5) is 16.7. The minimum Gasteiger partial charge on any atom is -0.495 e. The van der Waals surface area contributed by atoms with Gasteiger partial charge in [0.25, 0.3) is 5.91 Å². The Morgan fingerprint density at radius 2 is 1.90 bits per heavy atom. The van der Waals surface area contributed by atoms with Crippen molar-refractivity contribution in [3.63, 3.8) is 0 Å². The van der Waals surface area contributed by atoms with Crippen molar-refractivity contribution >= 4 is 11.6 Å². The predicted octanol–water partition coefficient (Wildman–Crippen LogP) is 1.44. The first-order valence-electron chi connectivity index (χ1n) is 6.99. The smallest absolute Gasteiger partial charge is 0.254 e. The van der Waals surface area contributed by atoms with Gasteiger partial charge in [-0.05, 0) is 32.0 Å². The van der Waals surface area contributed by atoms with E-state index in [1.54, 1.807) is 25.3 Å². The second kappa shape index (κ2) is 6.13. The number of benzene rings is 1. The van der Waals surface area contributed by atoms with Gasteiger partial charge in [0.2, 0.25) is 0 Å². The van der Waals surface area contributed by atoms with Crippen molar-refractivity contribution in [2.45, 2.75) is 19.9 Å². The molecule has 5 heteroatoms. The Labute approximate surface area is 120 Å². The maximum atomic E-state index is 12.4. The van der Waals surface area contributed by atoms with Crippen LogP contribution in [0, 0.1) is 0 Å². The molecule has 1 saturated heterocycles. The molecule has 2 N–H and O–H groups in total. The van der Waals surface area contributed by atoms with Crippen LogP contribution in [0.1, 0.15) is 24.2 Å². The third-order valence-electron chi connectivity index (χ3n) is 3.81. The third kappa shape index (κ3) is 3.04. The van der Waals surface area contributed by atoms with Gasteiger partial charge in [-0.25, -0.2) is 0 Å². The summed E-state index contributed by atoms with van der Waals surface area (Å²) in [6.45, 7) is 7.75. The van der Waals surface area contributed by atoms with E-state index < -0.39 is 0 Å². The molecule has 0 saturated carbocycles. The fourth-order valence-electron chi connectivity index (χ4n) is 2.49. The molecule has 1 aromatic carbocycles. The van der Waals surface area contributed by atoms with Crippen LogP contribution in [-0.2, 0) is 0 Å². The Morgan fingerprint density at radius 3 is 2.40 bits per heavy atom. The van der Waals surface area contributed by atoms with Crippen molar-refractivity contribution < 1.29 is 9.53 Å². The highest BCUT2D eigenvalue weighted by Gasteiger charge is 2.23. The Morgan fingerprint density at radius 1 is 1.25 bits per heavy atom. The Kier molecular flexibility index (Phi) is 4.49. The molecule has 1 amide bonds. The molecule has 0 bridgehead atoms. The number of anilines is 1. The highest BCUT2D eigenvalue weighted by molar-refractivity contribution is 5.95. The SMILES string of the molecule is COc1ccc(C(=O)N2CCN(C(C)C)CC2)cc1N. The summed E-state index contributed by atoms with van der Waals surface area (Å²) in [7, 11) is 1.57. The molecule has 1 aliphatic heterocycles. The largest absolute Gasteiger partial charge is 0.495 e. The van der Waals surface area contributed by atoms with Crippen molar-refractivity contribution in [1.82, 2.24) is 9.80 Å². The van der Waals surface area contributed by atoms with Crippen molar-refractivity contribution in [2.75, 3.05) is 39.0 Å². The fourth-order valence-corrected chi connectivity index (χ4v) is 2.49. The van der Waals surface area contributed by atoms with E-state index in [0.717, 1.165) is 26.2 Å². The van der Waals surface area contributed by atoms with Crippen LogP contribution in [-0.4, -0.2) is 55.0 Å². The molecule has 0 atom stereocenters. The molecule has 0 aromatic heterocycles. The molecule has 1 aromatic rings. The fraction of sp³-hybridized carbons (Fsp3) is 0.533. The molecule has 1 heterocycles. The number of piperazine rings is 1. The normalized spacial score (nSPS) is 16.5. The van der Waals surface area contributed by atoms with Gasteiger partial charge < -0.3 is 15.4 Å². The molecule has 0 unspecified atom stereocenters. The van der Waals surface area contributed by atoms with E-state index in [1.165, 1.54) is 0 Å². The van der Waals surface area contributed by atoms with E-state index in [4.69, 9.17) is 10.5 Å². The number of nitrogens with zero attached hydrogens (tertiary/aromatic N) is 2. The average Bonchev–Trinajstić information content (AvgIpc) is 2.46. The quantitative estimate of drug-likeness (QED) is 0.849. The van der Waals surface area contributed by atoms with Crippen LogP contribution in [0.4, 0.5) is 5.69 Å². The summed E-state index contributed by atoms with van der Waals surface area (Å²) in [5.41, 5.74) is 6.98. The number of methoxy groups -OCH3 is 1. The molecule has 1 aliphatic rings. The van der Waals surface area contributed by atoms with Crippen LogP contribution < -0.4 is 10.5 Å². The van der Waals surface area contributed by atoms with Gasteiger partial charge in [-0.15, -0.1) is 0 Å². The van der Waals surface area contributed by atoms with E-state index in [1.807, 2.05) is 4.90 Å². The van der Waals surface area contributed by atoms with E-state index in [-0.39, 0.29) is 5.91 Å². The van der Waals surface area contributed by atoms with Gasteiger partial charge in [0, 0.05) is 37.8 Å². The number of hydrogen-bond donors (Lipinski definition) is 1. The first-order chi connectivity index (χ1) is 9.52. The van der Waals surface area contributed by atoms with Crippen LogP contribution in [0.3, 0.4) is 0 Å². The van der Waals surface area contributed by atoms with Gasteiger partial charge in [0.15, 0.2) is 0 Å². The van der Waals surface area contributed by atoms with Crippen molar-refractivity contribution in [2.24, 2.45) is 0 Å². The number of amides is 1. The van der Waals surface area contributed by atoms with Gasteiger partial charge in [0.05, 0.1) is 12.8 Å². The van der Waals surface area contributed by atoms with Crippen LogP contribution in [0.2, 0.25) is 0 Å². The molecule has 0 aliphatic carbocycles. The minimum atomic E-state index is 0.0442. The molecule has 1 fully saturated rings. The second-order valence-electron chi connectivity index (χ2n) is 5.38. The Balaban J connectivity index is 2.04. The molecule has 0 spiro atoms. The summed E-state index contributed by atoms with van der Waals surface area (Å²) in [5, 5.41) is 0. The number of nitrogens with two attached hydrogens (primary N) is 1. The van der Waals surface area contributed by atoms with Crippen LogP contribution in [0.25, 0.3) is 0 Å². The van der Waals surface area contributed by atoms with Gasteiger partial charge in [-0.3, -0.25) is 9.69 Å². The molecule has 20 heavy (non-hydrogen) atoms. The zero-order valence-electron chi connectivity index (χ0n) is 12.4. The Hall–Kier alpha value is -1.75. The van der Waals surface area contributed by atoms with Gasteiger partial charge in [-0.1, -0.05) is 0 Å². The van der Waals surface area contributed by atoms with E-state index >= 15 is 0 Å². The summed E-state index contributed by atoms with van der Waals surface area (Å²) in [6, 6.07) is 5.74. The van der Waals surface area contributed by atoms with Gasteiger partial charge in [-0.2, -0.15) is 0 Å². The van der Waals surface area contributed by atoms with E-state index in [2.05, 4.69) is 18.7 Å². The summed E-state index contributed by atoms with van der Waals surface area (Å²) in [6.07, 6.45) is 0. The molecule has 0 radical (unpaired) electrons. The standard InChI is InChI=1S/C15H23N3O2/c1-11(2)17-6-8-18(9-7-17)15(19)12-4-5-14(20-3)13(16)10-12/h4-5,10-11H,6-9,16H2,1-3H3. The van der Waals surface area contributed by atoms with Crippen molar-refractivity contribution in [1.29, 1.82) is 0 Å². The molecular formula is C15H23N3O2. The van der Waals surface area contributed by atoms with Crippen LogP contribution in [0.5, 0.6) is 5.75 Å². The highest BCUT2D eigenvalue weighted by atomic mass is 16.5. The summed E-state index contributed by atoms with van der Waals surface area (Å²) in [5.74, 6) is 0.647. The second-order valence-corrected chi connectivity index (χ2v) is 5.38. The third-order valence-corrected chi connectivity index (χ3v) is 3.81. The summed E-state index contributed by atoms with van der Waals surface area (Å²) >= 11 is 0. The van der Waals surface area contributed by atoms with E-state index in [0.29, 0.717) is 23.0 Å². The molecular weight excluding hydrogens is 254 g/mol.